The highest BCUT2D eigenvalue weighted by Crippen LogP contribution is 2.35. The third-order valence-corrected chi connectivity index (χ3v) is 5.23. The van der Waals surface area contributed by atoms with E-state index in [9.17, 15) is 0 Å². The van der Waals surface area contributed by atoms with Gasteiger partial charge in [0.15, 0.2) is 0 Å². The van der Waals surface area contributed by atoms with Gasteiger partial charge in [0.05, 0.1) is 0 Å². The van der Waals surface area contributed by atoms with Crippen LogP contribution in [0.25, 0.3) is 0 Å². The fourth-order valence-corrected chi connectivity index (χ4v) is 4.15. The Morgan fingerprint density at radius 1 is 0.667 bits per heavy atom. The van der Waals surface area contributed by atoms with E-state index in [0.29, 0.717) is 0 Å². The summed E-state index contributed by atoms with van der Waals surface area (Å²) < 4.78 is 0. The maximum Gasteiger partial charge on any atom is 0.0110 e. The topological polar surface area (TPSA) is 6.48 Å². The van der Waals surface area contributed by atoms with Gasteiger partial charge in [-0.15, -0.1) is 12.4 Å². The predicted octanol–water partition coefficient (Wildman–Crippen LogP) is 3.02. The Labute approximate surface area is 119 Å². The molecule has 3 rings (SSSR count). The number of likely N-dealkylation sites (tertiary alicyclic amines) is 2. The van der Waals surface area contributed by atoms with Gasteiger partial charge in [0.25, 0.3) is 0 Å². The molecule has 3 aliphatic rings. The van der Waals surface area contributed by atoms with E-state index in [1.165, 1.54) is 84.2 Å². The molecule has 0 aromatic carbocycles. The van der Waals surface area contributed by atoms with Crippen LogP contribution in [0.3, 0.4) is 0 Å². The minimum Gasteiger partial charge on any atom is -0.302 e. The third-order valence-electron chi connectivity index (χ3n) is 5.23. The zero-order valence-electron chi connectivity index (χ0n) is 11.6. The third kappa shape index (κ3) is 3.61. The standard InChI is InChI=1S/C15H28N2.ClH/c1-4-8-16(9-5-1)10-11-17-12-14-6-2-3-7-15(14)13-17;/h14-15H,1-13H2;1H. The molecule has 0 amide bonds. The van der Waals surface area contributed by atoms with Crippen molar-refractivity contribution in [1.29, 1.82) is 0 Å². The Morgan fingerprint density at radius 3 is 1.83 bits per heavy atom. The molecular formula is C15H29ClN2. The second-order valence-electron chi connectivity index (χ2n) is 6.47. The van der Waals surface area contributed by atoms with Gasteiger partial charge in [-0.25, -0.2) is 0 Å². The van der Waals surface area contributed by atoms with Crippen molar-refractivity contribution < 1.29 is 0 Å². The molecule has 3 fully saturated rings. The molecule has 2 aliphatic heterocycles. The Bertz CT molecular complexity index is 227. The molecule has 18 heavy (non-hydrogen) atoms. The molecule has 0 radical (unpaired) electrons. The highest BCUT2D eigenvalue weighted by atomic mass is 35.5. The molecule has 0 bridgehead atoms. The van der Waals surface area contributed by atoms with E-state index in [2.05, 4.69) is 9.80 Å². The lowest BCUT2D eigenvalue weighted by atomic mass is 9.82. The summed E-state index contributed by atoms with van der Waals surface area (Å²) in [7, 11) is 0. The van der Waals surface area contributed by atoms with Gasteiger partial charge in [-0.2, -0.15) is 0 Å². The van der Waals surface area contributed by atoms with Crippen LogP contribution in [0.5, 0.6) is 0 Å². The minimum atomic E-state index is 0. The van der Waals surface area contributed by atoms with Crippen LogP contribution in [-0.4, -0.2) is 49.1 Å². The van der Waals surface area contributed by atoms with Crippen LogP contribution in [0.2, 0.25) is 0 Å². The molecule has 0 aromatic rings. The summed E-state index contributed by atoms with van der Waals surface area (Å²) in [5.74, 6) is 2.12. The van der Waals surface area contributed by atoms with Gasteiger partial charge in [0.2, 0.25) is 0 Å². The summed E-state index contributed by atoms with van der Waals surface area (Å²) >= 11 is 0. The fraction of sp³-hybridized carbons (Fsp3) is 1.00. The molecule has 0 spiro atoms. The Balaban J connectivity index is 0.00000120. The van der Waals surface area contributed by atoms with Gasteiger partial charge in [-0.05, 0) is 50.6 Å². The van der Waals surface area contributed by atoms with Crippen molar-refractivity contribution in [1.82, 2.24) is 9.80 Å². The minimum absolute atomic E-state index is 0. The van der Waals surface area contributed by atoms with Crippen molar-refractivity contribution in [2.75, 3.05) is 39.3 Å². The average molecular weight is 273 g/mol. The SMILES string of the molecule is C1CCN(CCN2CC3CCCCC3C2)CC1.Cl. The highest BCUT2D eigenvalue weighted by molar-refractivity contribution is 5.85. The number of fused-ring (bicyclic) bond motifs is 1. The lowest BCUT2D eigenvalue weighted by molar-refractivity contribution is 0.193. The molecule has 0 N–H and O–H groups in total. The summed E-state index contributed by atoms with van der Waals surface area (Å²) in [6.07, 6.45) is 10.4. The summed E-state index contributed by atoms with van der Waals surface area (Å²) in [6, 6.07) is 0. The first kappa shape index (κ1) is 14.6. The van der Waals surface area contributed by atoms with Crippen molar-refractivity contribution in [3.63, 3.8) is 0 Å². The van der Waals surface area contributed by atoms with Crippen molar-refractivity contribution in [2.24, 2.45) is 11.8 Å². The number of halogens is 1. The van der Waals surface area contributed by atoms with Crippen LogP contribution in [0.1, 0.15) is 44.9 Å². The van der Waals surface area contributed by atoms with E-state index in [4.69, 9.17) is 0 Å². The normalized spacial score (nSPS) is 34.0. The van der Waals surface area contributed by atoms with Crippen LogP contribution < -0.4 is 0 Å². The lowest BCUT2D eigenvalue weighted by Crippen LogP contribution is -2.37. The van der Waals surface area contributed by atoms with E-state index in [-0.39, 0.29) is 12.4 Å². The number of hydrogen-bond donors (Lipinski definition) is 0. The van der Waals surface area contributed by atoms with E-state index in [1.807, 2.05) is 0 Å². The second-order valence-corrected chi connectivity index (χ2v) is 6.47. The van der Waals surface area contributed by atoms with Gasteiger partial charge in [0.1, 0.15) is 0 Å². The van der Waals surface area contributed by atoms with E-state index in [1.54, 1.807) is 0 Å². The summed E-state index contributed by atoms with van der Waals surface area (Å²) in [5.41, 5.74) is 0. The first-order valence-electron chi connectivity index (χ1n) is 7.86. The molecule has 1 aliphatic carbocycles. The molecule has 2 heterocycles. The first-order chi connectivity index (χ1) is 8.42. The number of nitrogens with zero attached hydrogens (tertiary/aromatic N) is 2. The zero-order valence-corrected chi connectivity index (χ0v) is 12.5. The van der Waals surface area contributed by atoms with E-state index < -0.39 is 0 Å². The van der Waals surface area contributed by atoms with Crippen LogP contribution in [0.4, 0.5) is 0 Å². The van der Waals surface area contributed by atoms with E-state index >= 15 is 0 Å². The van der Waals surface area contributed by atoms with Gasteiger partial charge >= 0.3 is 0 Å². The Kier molecular flexibility index (Phi) is 5.78. The predicted molar refractivity (Wildman–Crippen MR) is 79.4 cm³/mol. The molecule has 2 saturated heterocycles. The summed E-state index contributed by atoms with van der Waals surface area (Å²) in [6.45, 7) is 8.23. The largest absolute Gasteiger partial charge is 0.302 e. The summed E-state index contributed by atoms with van der Waals surface area (Å²) in [5, 5.41) is 0. The number of piperidine rings is 1. The molecule has 2 nitrogen and oxygen atoms in total. The Morgan fingerprint density at radius 2 is 1.22 bits per heavy atom. The van der Waals surface area contributed by atoms with Crippen molar-refractivity contribution in [3.05, 3.63) is 0 Å². The monoisotopic (exact) mass is 272 g/mol. The van der Waals surface area contributed by atoms with Crippen LogP contribution >= 0.6 is 12.4 Å². The van der Waals surface area contributed by atoms with Crippen LogP contribution in [0.15, 0.2) is 0 Å². The van der Waals surface area contributed by atoms with Crippen LogP contribution in [0, 0.1) is 11.8 Å². The van der Waals surface area contributed by atoms with Crippen molar-refractivity contribution in [2.45, 2.75) is 44.9 Å². The second kappa shape index (κ2) is 7.12. The number of rotatable bonds is 3. The lowest BCUT2D eigenvalue weighted by Gasteiger charge is -2.28. The molecule has 2 atom stereocenters. The maximum atomic E-state index is 2.76. The van der Waals surface area contributed by atoms with Gasteiger partial charge < -0.3 is 9.80 Å². The molecule has 1 saturated carbocycles. The van der Waals surface area contributed by atoms with Gasteiger partial charge in [-0.3, -0.25) is 0 Å². The molecule has 3 heteroatoms. The molecule has 0 aromatic heterocycles. The molecule has 106 valence electrons. The molecular weight excluding hydrogens is 244 g/mol. The summed E-state index contributed by atoms with van der Waals surface area (Å²) in [4.78, 5) is 5.45. The van der Waals surface area contributed by atoms with Crippen molar-refractivity contribution >= 4 is 12.4 Å². The highest BCUT2D eigenvalue weighted by Gasteiger charge is 2.33. The van der Waals surface area contributed by atoms with Crippen LogP contribution in [-0.2, 0) is 0 Å². The fourth-order valence-electron chi connectivity index (χ4n) is 4.15. The zero-order chi connectivity index (χ0) is 11.5. The Hall–Kier alpha value is 0.210. The quantitative estimate of drug-likeness (QED) is 0.779. The number of hydrogen-bond acceptors (Lipinski definition) is 2. The first-order valence-corrected chi connectivity index (χ1v) is 7.86. The van der Waals surface area contributed by atoms with E-state index in [0.717, 1.165) is 11.8 Å². The van der Waals surface area contributed by atoms with Crippen molar-refractivity contribution in [3.8, 4) is 0 Å². The average Bonchev–Trinajstić information content (AvgIpc) is 2.80. The van der Waals surface area contributed by atoms with Gasteiger partial charge in [-0.1, -0.05) is 19.3 Å². The molecule has 2 unspecified atom stereocenters. The smallest absolute Gasteiger partial charge is 0.0110 e. The maximum absolute atomic E-state index is 2.76. The van der Waals surface area contributed by atoms with Gasteiger partial charge in [0, 0.05) is 26.2 Å².